The number of pyridine rings is 1. The fraction of sp³-hybridized carbons (Fsp3) is 0.200. The number of nitrogen functional groups attached to an aromatic ring is 1. The van der Waals surface area contributed by atoms with Crippen molar-refractivity contribution in [3.8, 4) is 0 Å². The lowest BCUT2D eigenvalue weighted by molar-refractivity contribution is 0.102. The van der Waals surface area contributed by atoms with Gasteiger partial charge in [0.1, 0.15) is 5.82 Å². The molecule has 110 valence electrons. The van der Waals surface area contributed by atoms with Gasteiger partial charge >= 0.3 is 0 Å². The number of anilines is 2. The largest absolute Gasteiger partial charge is 0.322 e. The van der Waals surface area contributed by atoms with E-state index >= 15 is 0 Å². The molecule has 21 heavy (non-hydrogen) atoms. The van der Waals surface area contributed by atoms with Crippen LogP contribution >= 0.6 is 15.9 Å². The van der Waals surface area contributed by atoms with Crippen LogP contribution in [0.4, 0.5) is 11.5 Å². The van der Waals surface area contributed by atoms with Gasteiger partial charge in [-0.05, 0) is 36.2 Å². The summed E-state index contributed by atoms with van der Waals surface area (Å²) in [5.74, 6) is 5.89. The molecule has 1 aromatic carbocycles. The highest BCUT2D eigenvalue weighted by atomic mass is 79.9. The number of nitrogens with one attached hydrogen (secondary N) is 2. The third kappa shape index (κ3) is 4.03. The highest BCUT2D eigenvalue weighted by molar-refractivity contribution is 9.10. The van der Waals surface area contributed by atoms with Gasteiger partial charge in [-0.2, -0.15) is 0 Å². The average molecular weight is 349 g/mol. The Balaban J connectivity index is 2.28. The minimum Gasteiger partial charge on any atom is -0.322 e. The Hall–Kier alpha value is -1.92. The van der Waals surface area contributed by atoms with E-state index in [0.717, 1.165) is 15.9 Å². The SMILES string of the molecule is CC(C)c1cc(C(=O)Nc2cccc(Br)c2)cc(NN)n1. The first-order chi connectivity index (χ1) is 9.99. The van der Waals surface area contributed by atoms with Gasteiger partial charge in [-0.15, -0.1) is 0 Å². The van der Waals surface area contributed by atoms with Crippen LogP contribution in [0.2, 0.25) is 0 Å². The molecule has 0 unspecified atom stereocenters. The molecule has 0 saturated heterocycles. The van der Waals surface area contributed by atoms with Crippen LogP contribution in [-0.4, -0.2) is 10.9 Å². The molecule has 1 amide bonds. The Kier molecular flexibility index (Phi) is 4.93. The van der Waals surface area contributed by atoms with Crippen LogP contribution in [0, 0.1) is 0 Å². The highest BCUT2D eigenvalue weighted by Gasteiger charge is 2.12. The molecule has 6 heteroatoms. The predicted octanol–water partition coefficient (Wildman–Crippen LogP) is 3.51. The Morgan fingerprint density at radius 3 is 2.67 bits per heavy atom. The Morgan fingerprint density at radius 2 is 2.05 bits per heavy atom. The van der Waals surface area contributed by atoms with Gasteiger partial charge in [-0.1, -0.05) is 35.8 Å². The van der Waals surface area contributed by atoms with Gasteiger partial charge in [0.2, 0.25) is 0 Å². The van der Waals surface area contributed by atoms with Crippen molar-refractivity contribution in [1.29, 1.82) is 0 Å². The lowest BCUT2D eigenvalue weighted by atomic mass is 10.1. The summed E-state index contributed by atoms with van der Waals surface area (Å²) >= 11 is 3.37. The zero-order valence-electron chi connectivity index (χ0n) is 11.9. The van der Waals surface area contributed by atoms with Gasteiger partial charge in [-0.25, -0.2) is 10.8 Å². The molecule has 2 rings (SSSR count). The molecule has 2 aromatic rings. The molecule has 1 aromatic heterocycles. The Morgan fingerprint density at radius 1 is 1.29 bits per heavy atom. The molecule has 0 radical (unpaired) electrons. The molecule has 0 spiro atoms. The third-order valence-electron chi connectivity index (χ3n) is 2.93. The van der Waals surface area contributed by atoms with Crippen LogP contribution in [-0.2, 0) is 0 Å². The lowest BCUT2D eigenvalue weighted by Crippen LogP contribution is -2.16. The van der Waals surface area contributed by atoms with Crippen molar-refractivity contribution in [3.63, 3.8) is 0 Å². The van der Waals surface area contributed by atoms with E-state index in [1.165, 1.54) is 0 Å². The van der Waals surface area contributed by atoms with E-state index in [1.807, 2.05) is 38.1 Å². The van der Waals surface area contributed by atoms with Crippen molar-refractivity contribution in [2.24, 2.45) is 5.84 Å². The summed E-state index contributed by atoms with van der Waals surface area (Å²) in [6.45, 7) is 4.03. The molecular weight excluding hydrogens is 332 g/mol. The minimum absolute atomic E-state index is 0.200. The molecular formula is C15H17BrN4O. The molecule has 0 aliphatic carbocycles. The van der Waals surface area contributed by atoms with E-state index in [1.54, 1.807) is 12.1 Å². The summed E-state index contributed by atoms with van der Waals surface area (Å²) in [5.41, 5.74) is 4.54. The number of benzene rings is 1. The van der Waals surface area contributed by atoms with Crippen LogP contribution in [0.15, 0.2) is 40.9 Å². The smallest absolute Gasteiger partial charge is 0.255 e. The number of nitrogens with two attached hydrogens (primary N) is 1. The van der Waals surface area contributed by atoms with Gasteiger partial charge in [0.25, 0.3) is 5.91 Å². The number of carbonyl (C=O) groups is 1. The normalized spacial score (nSPS) is 10.5. The fourth-order valence-corrected chi connectivity index (χ4v) is 2.22. The van der Waals surface area contributed by atoms with E-state index < -0.39 is 0 Å². The van der Waals surface area contributed by atoms with Crippen LogP contribution in [0.3, 0.4) is 0 Å². The number of amides is 1. The summed E-state index contributed by atoms with van der Waals surface area (Å²) in [4.78, 5) is 16.7. The Labute approximate surface area is 132 Å². The number of hydrogen-bond donors (Lipinski definition) is 3. The summed E-state index contributed by atoms with van der Waals surface area (Å²) < 4.78 is 0.905. The average Bonchev–Trinajstić information content (AvgIpc) is 2.46. The third-order valence-corrected chi connectivity index (χ3v) is 3.42. The zero-order valence-corrected chi connectivity index (χ0v) is 13.4. The number of halogens is 1. The molecule has 1 heterocycles. The topological polar surface area (TPSA) is 80.0 Å². The summed E-state index contributed by atoms with van der Waals surface area (Å²) in [7, 11) is 0. The van der Waals surface area contributed by atoms with Crippen molar-refractivity contribution in [2.45, 2.75) is 19.8 Å². The van der Waals surface area contributed by atoms with Crippen molar-refractivity contribution < 1.29 is 4.79 Å². The maximum Gasteiger partial charge on any atom is 0.255 e. The zero-order chi connectivity index (χ0) is 15.4. The highest BCUT2D eigenvalue weighted by Crippen LogP contribution is 2.20. The van der Waals surface area contributed by atoms with Gasteiger partial charge in [0.15, 0.2) is 0 Å². The summed E-state index contributed by atoms with van der Waals surface area (Å²) in [6.07, 6.45) is 0. The van der Waals surface area contributed by atoms with E-state index in [2.05, 4.69) is 31.7 Å². The van der Waals surface area contributed by atoms with Crippen molar-refractivity contribution in [1.82, 2.24) is 4.98 Å². The second-order valence-corrected chi connectivity index (χ2v) is 5.85. The van der Waals surface area contributed by atoms with E-state index in [0.29, 0.717) is 11.4 Å². The molecule has 0 aliphatic heterocycles. The van der Waals surface area contributed by atoms with Crippen molar-refractivity contribution >= 4 is 33.3 Å². The van der Waals surface area contributed by atoms with Crippen LogP contribution in [0.25, 0.3) is 0 Å². The second kappa shape index (κ2) is 6.69. The summed E-state index contributed by atoms with van der Waals surface area (Å²) in [5, 5.41) is 2.85. The lowest BCUT2D eigenvalue weighted by Gasteiger charge is -2.11. The number of nitrogens with zero attached hydrogens (tertiary/aromatic N) is 1. The number of rotatable bonds is 4. The molecule has 0 atom stereocenters. The predicted molar refractivity (Wildman–Crippen MR) is 88.2 cm³/mol. The van der Waals surface area contributed by atoms with E-state index in [4.69, 9.17) is 5.84 Å². The van der Waals surface area contributed by atoms with Gasteiger partial charge in [-0.3, -0.25) is 4.79 Å². The van der Waals surface area contributed by atoms with Gasteiger partial charge < -0.3 is 10.7 Å². The van der Waals surface area contributed by atoms with E-state index in [9.17, 15) is 4.79 Å². The first-order valence-electron chi connectivity index (χ1n) is 6.55. The van der Waals surface area contributed by atoms with Crippen LogP contribution in [0.5, 0.6) is 0 Å². The van der Waals surface area contributed by atoms with Gasteiger partial charge in [0, 0.05) is 21.4 Å². The van der Waals surface area contributed by atoms with Crippen LogP contribution in [0.1, 0.15) is 35.8 Å². The fourth-order valence-electron chi connectivity index (χ4n) is 1.82. The van der Waals surface area contributed by atoms with E-state index in [-0.39, 0.29) is 11.8 Å². The number of carbonyl (C=O) groups excluding carboxylic acids is 1. The first kappa shape index (κ1) is 15.5. The van der Waals surface area contributed by atoms with Crippen molar-refractivity contribution in [3.05, 3.63) is 52.1 Å². The maximum atomic E-state index is 12.3. The number of aromatic nitrogens is 1. The molecule has 0 fully saturated rings. The van der Waals surface area contributed by atoms with Crippen LogP contribution < -0.4 is 16.6 Å². The second-order valence-electron chi connectivity index (χ2n) is 4.93. The molecule has 5 nitrogen and oxygen atoms in total. The molecule has 0 bridgehead atoms. The number of hydrazine groups is 1. The summed E-state index contributed by atoms with van der Waals surface area (Å²) in [6, 6.07) is 10.8. The first-order valence-corrected chi connectivity index (χ1v) is 7.34. The van der Waals surface area contributed by atoms with Gasteiger partial charge in [0.05, 0.1) is 0 Å². The molecule has 0 aliphatic rings. The van der Waals surface area contributed by atoms with Crippen molar-refractivity contribution in [2.75, 3.05) is 10.7 Å². The monoisotopic (exact) mass is 348 g/mol. The number of hydrogen-bond acceptors (Lipinski definition) is 4. The minimum atomic E-state index is -0.200. The molecule has 4 N–H and O–H groups in total. The quantitative estimate of drug-likeness (QED) is 0.583. The molecule has 0 saturated carbocycles. The Bertz CT molecular complexity index is 658. The standard InChI is InChI=1S/C15H17BrN4O/c1-9(2)13-6-10(7-14(19-13)20-17)15(21)18-12-5-3-4-11(16)8-12/h3-9H,17H2,1-2H3,(H,18,21)(H,19,20). The maximum absolute atomic E-state index is 12.3.